The number of allylic oxidation sites excluding steroid dienone is 2. The van der Waals surface area contributed by atoms with E-state index in [1.165, 1.54) is 19.1 Å². The molecular formula is C22H34O4S. The van der Waals surface area contributed by atoms with Gasteiger partial charge in [0.1, 0.15) is 0 Å². The molecule has 4 aliphatic carbocycles. The summed E-state index contributed by atoms with van der Waals surface area (Å²) < 4.78 is 18.7. The van der Waals surface area contributed by atoms with Crippen molar-refractivity contribution < 1.29 is 18.8 Å². The Kier molecular flexibility index (Phi) is 5.07. The summed E-state index contributed by atoms with van der Waals surface area (Å²) in [5.41, 5.74) is 1.17. The Morgan fingerprint density at radius 2 is 2.04 bits per heavy atom. The van der Waals surface area contributed by atoms with Crippen molar-refractivity contribution in [2.45, 2.75) is 77.7 Å². The largest absolute Gasteiger partial charge is 0.469 e. The number of carbonyl (C=O) groups excluding carboxylic acids is 1. The van der Waals surface area contributed by atoms with Crippen LogP contribution in [0.15, 0.2) is 10.5 Å². The van der Waals surface area contributed by atoms with Gasteiger partial charge in [0.05, 0.1) is 19.1 Å². The molecule has 5 heteroatoms. The fraction of sp³-hybridized carbons (Fsp3) is 0.864. The SMILES string of the molecule is COC(=O)[C@@H]1CC(S(=O)C[C@]23CC[C@H](C[C@H]2O)C3(C)C)=C2CCCC[C@@H]2C1. The van der Waals surface area contributed by atoms with Crippen LogP contribution in [0.1, 0.15) is 71.6 Å². The summed E-state index contributed by atoms with van der Waals surface area (Å²) in [5, 5.41) is 10.8. The highest BCUT2D eigenvalue weighted by atomic mass is 32.2. The fourth-order valence-electron chi connectivity index (χ4n) is 6.78. The summed E-state index contributed by atoms with van der Waals surface area (Å²) in [6.45, 7) is 4.52. The molecule has 3 saturated carbocycles. The molecule has 4 nitrogen and oxygen atoms in total. The van der Waals surface area contributed by atoms with Crippen molar-refractivity contribution in [2.75, 3.05) is 12.9 Å². The molecule has 0 heterocycles. The van der Waals surface area contributed by atoms with Crippen LogP contribution in [0.25, 0.3) is 0 Å². The van der Waals surface area contributed by atoms with Crippen LogP contribution in [-0.2, 0) is 20.3 Å². The average molecular weight is 395 g/mol. The average Bonchev–Trinajstić information content (AvgIpc) is 3.00. The van der Waals surface area contributed by atoms with Gasteiger partial charge in [-0.15, -0.1) is 0 Å². The zero-order valence-electron chi connectivity index (χ0n) is 17.0. The number of methoxy groups -OCH3 is 1. The molecule has 3 fully saturated rings. The van der Waals surface area contributed by atoms with Crippen LogP contribution in [0.5, 0.6) is 0 Å². The lowest BCUT2D eigenvalue weighted by Crippen LogP contribution is -2.44. The van der Waals surface area contributed by atoms with Gasteiger partial charge in [0.2, 0.25) is 0 Å². The summed E-state index contributed by atoms with van der Waals surface area (Å²) in [7, 11) is 0.331. The molecule has 0 saturated heterocycles. The normalized spacial score (nSPS) is 41.3. The van der Waals surface area contributed by atoms with Crippen LogP contribution in [0, 0.1) is 28.6 Å². The number of hydrogen-bond acceptors (Lipinski definition) is 4. The lowest BCUT2D eigenvalue weighted by molar-refractivity contribution is -0.146. The van der Waals surface area contributed by atoms with Crippen LogP contribution in [0.2, 0.25) is 0 Å². The standard InChI is InChI=1S/C22H34O4S/c1-21(2)16-8-9-22(21,19(23)12-16)13-27(25)18-11-15(20(24)26-3)10-14-6-4-5-7-17(14)18/h14-16,19,23H,4-13H2,1-3H3/t14-,15+,16-,19-,22-,27?/m1/s1. The van der Waals surface area contributed by atoms with Crippen LogP contribution in [-0.4, -0.2) is 34.3 Å². The topological polar surface area (TPSA) is 63.6 Å². The number of aliphatic hydroxyl groups excluding tert-OH is 1. The van der Waals surface area contributed by atoms with E-state index in [2.05, 4.69) is 13.8 Å². The molecule has 27 heavy (non-hydrogen) atoms. The minimum absolute atomic E-state index is 0.0374. The van der Waals surface area contributed by atoms with E-state index in [9.17, 15) is 14.1 Å². The number of carbonyl (C=O) groups is 1. The maximum atomic E-state index is 13.7. The van der Waals surface area contributed by atoms with Crippen LogP contribution < -0.4 is 0 Å². The highest BCUT2D eigenvalue weighted by Gasteiger charge is 2.64. The minimum atomic E-state index is -1.12. The quantitative estimate of drug-likeness (QED) is 0.734. The van der Waals surface area contributed by atoms with E-state index in [-0.39, 0.29) is 28.8 Å². The van der Waals surface area contributed by atoms with Gasteiger partial charge in [0.25, 0.3) is 0 Å². The van der Waals surface area contributed by atoms with E-state index in [1.54, 1.807) is 0 Å². The first-order valence-electron chi connectivity index (χ1n) is 10.7. The molecule has 0 aromatic carbocycles. The van der Waals surface area contributed by atoms with Gasteiger partial charge in [-0.05, 0) is 68.6 Å². The maximum Gasteiger partial charge on any atom is 0.309 e. The third-order valence-electron chi connectivity index (χ3n) is 8.69. The Bertz CT molecular complexity index is 682. The van der Waals surface area contributed by atoms with Gasteiger partial charge in [0, 0.05) is 26.9 Å². The molecule has 0 spiro atoms. The first kappa shape index (κ1) is 19.6. The summed E-state index contributed by atoms with van der Waals surface area (Å²) in [6.07, 6.45) is 8.55. The molecule has 1 N–H and O–H groups in total. The molecule has 0 aromatic heterocycles. The molecule has 6 atom stereocenters. The fourth-order valence-corrected chi connectivity index (χ4v) is 9.08. The van der Waals surface area contributed by atoms with Gasteiger partial charge in [-0.3, -0.25) is 9.00 Å². The number of ether oxygens (including phenoxy) is 1. The molecule has 1 unspecified atom stereocenters. The van der Waals surface area contributed by atoms with Gasteiger partial charge >= 0.3 is 5.97 Å². The predicted molar refractivity (Wildman–Crippen MR) is 106 cm³/mol. The third-order valence-corrected chi connectivity index (χ3v) is 10.4. The minimum Gasteiger partial charge on any atom is -0.469 e. The second-order valence-corrected chi connectivity index (χ2v) is 11.4. The van der Waals surface area contributed by atoms with Gasteiger partial charge < -0.3 is 9.84 Å². The molecule has 2 bridgehead atoms. The first-order chi connectivity index (χ1) is 12.8. The number of rotatable bonds is 4. The monoisotopic (exact) mass is 394 g/mol. The Balaban J connectivity index is 1.63. The van der Waals surface area contributed by atoms with Gasteiger partial charge in [0.15, 0.2) is 0 Å². The van der Waals surface area contributed by atoms with Crippen LogP contribution in [0.3, 0.4) is 0 Å². The molecular weight excluding hydrogens is 360 g/mol. The summed E-state index contributed by atoms with van der Waals surface area (Å²) in [4.78, 5) is 13.3. The van der Waals surface area contributed by atoms with Crippen LogP contribution >= 0.6 is 0 Å². The Morgan fingerprint density at radius 1 is 1.26 bits per heavy atom. The Hall–Kier alpha value is -0.680. The maximum absolute atomic E-state index is 13.7. The highest BCUT2D eigenvalue weighted by molar-refractivity contribution is 7.89. The van der Waals surface area contributed by atoms with Gasteiger partial charge in [-0.2, -0.15) is 0 Å². The van der Waals surface area contributed by atoms with Crippen molar-refractivity contribution in [3.8, 4) is 0 Å². The van der Waals surface area contributed by atoms with Gasteiger partial charge in [-0.25, -0.2) is 0 Å². The van der Waals surface area contributed by atoms with Crippen molar-refractivity contribution in [1.29, 1.82) is 0 Å². The molecule has 0 aromatic rings. The Morgan fingerprint density at radius 3 is 2.67 bits per heavy atom. The molecule has 4 rings (SSSR count). The van der Waals surface area contributed by atoms with E-state index in [0.717, 1.165) is 49.9 Å². The van der Waals surface area contributed by atoms with Crippen molar-refractivity contribution in [2.24, 2.45) is 28.6 Å². The molecule has 152 valence electrons. The van der Waals surface area contributed by atoms with Crippen molar-refractivity contribution in [3.63, 3.8) is 0 Å². The smallest absolute Gasteiger partial charge is 0.309 e. The van der Waals surface area contributed by atoms with E-state index >= 15 is 0 Å². The van der Waals surface area contributed by atoms with Crippen LogP contribution in [0.4, 0.5) is 0 Å². The summed E-state index contributed by atoms with van der Waals surface area (Å²) >= 11 is 0. The Labute approximate surface area is 165 Å². The zero-order valence-corrected chi connectivity index (χ0v) is 17.8. The second kappa shape index (κ2) is 6.98. The number of fused-ring (bicyclic) bond motifs is 3. The molecule has 0 radical (unpaired) electrons. The van der Waals surface area contributed by atoms with Crippen molar-refractivity contribution in [1.82, 2.24) is 0 Å². The number of hydrogen-bond donors (Lipinski definition) is 1. The lowest BCUT2D eigenvalue weighted by atomic mass is 9.70. The zero-order chi connectivity index (χ0) is 19.4. The van der Waals surface area contributed by atoms with Crippen molar-refractivity contribution >= 4 is 16.8 Å². The summed E-state index contributed by atoms with van der Waals surface area (Å²) in [5.74, 6) is 1.17. The number of aliphatic hydroxyl groups is 1. The van der Waals surface area contributed by atoms with E-state index < -0.39 is 10.8 Å². The second-order valence-electron chi connectivity index (χ2n) is 9.91. The summed E-state index contributed by atoms with van der Waals surface area (Å²) in [6, 6.07) is 0. The molecule has 0 amide bonds. The third kappa shape index (κ3) is 2.95. The predicted octanol–water partition coefficient (Wildman–Crippen LogP) is 3.95. The molecule has 4 aliphatic rings. The first-order valence-corrected chi connectivity index (χ1v) is 12.0. The lowest BCUT2D eigenvalue weighted by Gasteiger charge is -2.41. The van der Waals surface area contributed by atoms with Gasteiger partial charge in [-0.1, -0.05) is 25.8 Å². The molecule has 0 aliphatic heterocycles. The highest BCUT2D eigenvalue weighted by Crippen LogP contribution is 2.66. The van der Waals surface area contributed by atoms with E-state index in [1.807, 2.05) is 0 Å². The van der Waals surface area contributed by atoms with E-state index in [0.29, 0.717) is 24.0 Å². The number of esters is 1. The van der Waals surface area contributed by atoms with E-state index in [4.69, 9.17) is 4.74 Å². The van der Waals surface area contributed by atoms with Crippen molar-refractivity contribution in [3.05, 3.63) is 10.5 Å².